The van der Waals surface area contributed by atoms with Crippen molar-refractivity contribution in [1.29, 1.82) is 0 Å². The fourth-order valence-corrected chi connectivity index (χ4v) is 11.1. The summed E-state index contributed by atoms with van der Waals surface area (Å²) in [5.41, 5.74) is 30.8. The zero-order valence-corrected chi connectivity index (χ0v) is 45.5. The van der Waals surface area contributed by atoms with E-state index in [0.29, 0.717) is 0 Å². The van der Waals surface area contributed by atoms with Gasteiger partial charge in [0.15, 0.2) is 0 Å². The summed E-state index contributed by atoms with van der Waals surface area (Å²) in [6, 6.07) is 10.4. The molecule has 0 radical (unpaired) electrons. The van der Waals surface area contributed by atoms with Gasteiger partial charge in [-0.15, -0.1) is 0 Å². The zero-order valence-electron chi connectivity index (χ0n) is 45.5. The van der Waals surface area contributed by atoms with Gasteiger partial charge in [0.25, 0.3) is 0 Å². The van der Waals surface area contributed by atoms with Gasteiger partial charge < -0.3 is 5.53 Å². The Bertz CT molecular complexity index is 1480. The van der Waals surface area contributed by atoms with E-state index in [-0.39, 0.29) is 0 Å². The molecule has 0 fully saturated rings. The Hall–Kier alpha value is -2.48. The molecule has 0 unspecified atom stereocenters. The smallest absolute Gasteiger partial charge is 0.211 e. The summed E-state index contributed by atoms with van der Waals surface area (Å²) in [7, 11) is 0. The molecule has 0 amide bonds. The van der Waals surface area contributed by atoms with Crippen molar-refractivity contribution in [2.24, 2.45) is 0 Å². The molecule has 2 heteroatoms. The Morgan fingerprint density at radius 2 is 0.485 bits per heavy atom. The van der Waals surface area contributed by atoms with E-state index in [2.05, 4.69) is 79.7 Å². The summed E-state index contributed by atoms with van der Waals surface area (Å²) in [5, 5.41) is 0. The second-order valence-electron chi connectivity index (χ2n) is 21.0. The first-order valence-electron chi connectivity index (χ1n) is 29.7. The quantitative estimate of drug-likeness (QED) is 0.0469. The maximum absolute atomic E-state index is 13.3. The number of rotatable bonds is 42. The van der Waals surface area contributed by atoms with Gasteiger partial charge in [0, 0.05) is 22.3 Å². The molecule has 2 aromatic rings. The maximum Gasteiger partial charge on any atom is 0.211 e. The van der Waals surface area contributed by atoms with E-state index < -0.39 is 0 Å². The highest BCUT2D eigenvalue weighted by atomic mass is 15.2. The van der Waals surface area contributed by atoms with Crippen molar-refractivity contribution >= 4 is 11.4 Å². The minimum atomic E-state index is 1.05. The molecule has 66 heavy (non-hydrogen) atoms. The van der Waals surface area contributed by atoms with Crippen molar-refractivity contribution in [3.05, 3.63) is 85.5 Å². The molecular formula is C64H108N2. The number of hydrogen-bond acceptors (Lipinski definition) is 0. The molecule has 2 nitrogen and oxygen atoms in total. The van der Waals surface area contributed by atoms with Crippen LogP contribution in [0.3, 0.4) is 0 Å². The van der Waals surface area contributed by atoms with E-state index >= 15 is 0 Å². The van der Waals surface area contributed by atoms with Crippen molar-refractivity contribution in [2.45, 2.75) is 312 Å². The second-order valence-corrected chi connectivity index (χ2v) is 21.0. The van der Waals surface area contributed by atoms with Crippen LogP contribution in [-0.2, 0) is 38.5 Å². The molecule has 0 saturated heterocycles. The lowest BCUT2D eigenvalue weighted by atomic mass is 9.85. The number of nitrogens with zero attached hydrogens (tertiary/aromatic N) is 2. The van der Waals surface area contributed by atoms with Crippen LogP contribution in [-0.4, -0.2) is 4.70 Å². The SMILES string of the molecule is CCCCCCC1=C(c2cc(CCCCCC)c(CCCCCC)c(CCCCCC)c2)[N+](=[N-])C(c2cc(CCCCCC)c(CCCCCC)c(CCCCCC)c2)=C1CCCCCC. The van der Waals surface area contributed by atoms with Gasteiger partial charge in [-0.3, -0.25) is 0 Å². The van der Waals surface area contributed by atoms with Crippen molar-refractivity contribution in [2.75, 3.05) is 0 Å². The normalized spacial score (nSPS) is 13.1. The highest BCUT2D eigenvalue weighted by Crippen LogP contribution is 2.46. The van der Waals surface area contributed by atoms with E-state index in [9.17, 15) is 5.53 Å². The largest absolute Gasteiger partial charge is 0.493 e. The number of benzene rings is 2. The van der Waals surface area contributed by atoms with E-state index in [1.54, 1.807) is 38.1 Å². The monoisotopic (exact) mass is 905 g/mol. The lowest BCUT2D eigenvalue weighted by Crippen LogP contribution is -2.09. The number of allylic oxidation sites excluding steroid dienone is 2. The highest BCUT2D eigenvalue weighted by molar-refractivity contribution is 5.83. The standard InChI is InChI=1S/C64H108N2/c1-9-17-25-33-41-53-49-57(50-54(42-34-26-18-10-2)59(53)45-37-29-21-13-5)63-61(47-39-31-23-15-7)62(48-40-32-24-16-8)64(66(63)65)58-51-55(43-35-27-19-11-3)60(46-38-30-22-14-6)56(52-58)44-36-28-20-12-4/h49-52H,9-48H2,1-8H3. The molecule has 0 spiro atoms. The van der Waals surface area contributed by atoms with Gasteiger partial charge in [0.1, 0.15) is 0 Å². The van der Waals surface area contributed by atoms with Gasteiger partial charge in [0.05, 0.1) is 0 Å². The van der Waals surface area contributed by atoms with Crippen molar-refractivity contribution < 1.29 is 4.70 Å². The third-order valence-electron chi connectivity index (χ3n) is 15.1. The fraction of sp³-hybridized carbons (Fsp3) is 0.750. The number of aryl methyl sites for hydroxylation is 4. The average Bonchev–Trinajstić information content (AvgIpc) is 3.60. The number of unbranched alkanes of at least 4 members (excludes halogenated alkanes) is 24. The molecule has 1 heterocycles. The number of hydrogen-bond donors (Lipinski definition) is 0. The molecule has 3 rings (SSSR count). The Morgan fingerprint density at radius 1 is 0.273 bits per heavy atom. The molecule has 2 aromatic carbocycles. The van der Waals surface area contributed by atoms with Crippen LogP contribution in [0.4, 0.5) is 0 Å². The van der Waals surface area contributed by atoms with E-state index in [4.69, 9.17) is 0 Å². The van der Waals surface area contributed by atoms with Gasteiger partial charge in [0.2, 0.25) is 11.4 Å². The third-order valence-corrected chi connectivity index (χ3v) is 15.1. The van der Waals surface area contributed by atoms with Crippen molar-refractivity contribution in [3.8, 4) is 0 Å². The van der Waals surface area contributed by atoms with Crippen molar-refractivity contribution in [3.63, 3.8) is 0 Å². The predicted molar refractivity (Wildman–Crippen MR) is 295 cm³/mol. The van der Waals surface area contributed by atoms with Crippen molar-refractivity contribution in [1.82, 2.24) is 0 Å². The summed E-state index contributed by atoms with van der Waals surface area (Å²) < 4.78 is 1.79. The molecule has 0 aromatic heterocycles. The third kappa shape index (κ3) is 20.2. The Morgan fingerprint density at radius 3 is 0.712 bits per heavy atom. The summed E-state index contributed by atoms with van der Waals surface area (Å²) in [6.45, 7) is 18.7. The van der Waals surface area contributed by atoms with E-state index in [0.717, 1.165) is 49.9 Å². The van der Waals surface area contributed by atoms with Crippen LogP contribution in [0.2, 0.25) is 0 Å². The highest BCUT2D eigenvalue weighted by Gasteiger charge is 2.36. The summed E-state index contributed by atoms with van der Waals surface area (Å²) in [6.07, 6.45) is 50.3. The lowest BCUT2D eigenvalue weighted by molar-refractivity contribution is -0.345. The lowest BCUT2D eigenvalue weighted by Gasteiger charge is -2.20. The zero-order chi connectivity index (χ0) is 47.6. The molecule has 0 aliphatic carbocycles. The average molecular weight is 906 g/mol. The minimum absolute atomic E-state index is 1.05. The molecule has 0 N–H and O–H groups in total. The van der Waals surface area contributed by atoms with Gasteiger partial charge in [-0.25, -0.2) is 4.70 Å². The summed E-state index contributed by atoms with van der Waals surface area (Å²) in [4.78, 5) is 0. The van der Waals surface area contributed by atoms with Crippen LogP contribution in [0.25, 0.3) is 16.9 Å². The second kappa shape index (κ2) is 36.5. The Labute approximate surface area is 412 Å². The maximum atomic E-state index is 13.3. The van der Waals surface area contributed by atoms with Gasteiger partial charge in [-0.05, 0) is 160 Å². The van der Waals surface area contributed by atoms with Crippen LogP contribution in [0, 0.1) is 0 Å². The molecule has 0 atom stereocenters. The van der Waals surface area contributed by atoms with Crippen LogP contribution in [0.15, 0.2) is 35.4 Å². The first-order valence-corrected chi connectivity index (χ1v) is 29.7. The molecule has 374 valence electrons. The molecule has 1 aliphatic rings. The molecule has 1 aliphatic heterocycles. The minimum Gasteiger partial charge on any atom is -0.493 e. The Balaban J connectivity index is 2.38. The molecular weight excluding hydrogens is 797 g/mol. The van der Waals surface area contributed by atoms with E-state index in [1.165, 1.54) is 241 Å². The van der Waals surface area contributed by atoms with Crippen LogP contribution in [0.1, 0.15) is 318 Å². The summed E-state index contributed by atoms with van der Waals surface area (Å²) >= 11 is 0. The molecule has 0 bridgehead atoms. The van der Waals surface area contributed by atoms with Crippen LogP contribution < -0.4 is 0 Å². The first kappa shape index (κ1) is 57.8. The molecule has 0 saturated carbocycles. The summed E-state index contributed by atoms with van der Waals surface area (Å²) in [5.74, 6) is 0. The Kier molecular flexibility index (Phi) is 32.0. The van der Waals surface area contributed by atoms with Gasteiger partial charge >= 0.3 is 0 Å². The topological polar surface area (TPSA) is 25.3 Å². The van der Waals surface area contributed by atoms with E-state index in [1.807, 2.05) is 0 Å². The van der Waals surface area contributed by atoms with Gasteiger partial charge in [-0.2, -0.15) is 0 Å². The van der Waals surface area contributed by atoms with Gasteiger partial charge in [-0.1, -0.05) is 209 Å². The fourth-order valence-electron chi connectivity index (χ4n) is 11.1. The predicted octanol–water partition coefficient (Wildman–Crippen LogP) is 21.5. The first-order chi connectivity index (χ1) is 32.4. The van der Waals surface area contributed by atoms with Crippen LogP contribution >= 0.6 is 0 Å². The van der Waals surface area contributed by atoms with Crippen LogP contribution in [0.5, 0.6) is 0 Å².